The average Bonchev–Trinajstić information content (AvgIpc) is 3.06. The maximum absolute atomic E-state index is 11.7. The van der Waals surface area contributed by atoms with E-state index >= 15 is 0 Å². The van der Waals surface area contributed by atoms with Gasteiger partial charge in [-0.2, -0.15) is 0 Å². The average molecular weight is 324 g/mol. The van der Waals surface area contributed by atoms with Crippen LogP contribution in [-0.2, 0) is 6.42 Å². The molecule has 0 unspecified atom stereocenters. The minimum Gasteiger partial charge on any atom is -0.397 e. The first-order valence-electron chi connectivity index (χ1n) is 6.25. The molecule has 0 aromatic carbocycles. The second-order valence-electron chi connectivity index (χ2n) is 4.25. The molecule has 0 atom stereocenters. The maximum atomic E-state index is 11.7. The standard InChI is InChI=1S/C13H16N4O2S2/c1-16-12(19)10-9(14)8(11(15)18)13(21-10)17-5-4-7-3-2-6-20-7/h2-3,6,17H,4-5,14H2,1H3,(H2,15,18)(H,16,19). The summed E-state index contributed by atoms with van der Waals surface area (Å²) in [7, 11) is 1.51. The summed E-state index contributed by atoms with van der Waals surface area (Å²) in [5.41, 5.74) is 11.5. The molecule has 0 saturated carbocycles. The Bertz CT molecular complexity index is 649. The largest absolute Gasteiger partial charge is 0.397 e. The monoisotopic (exact) mass is 324 g/mol. The predicted molar refractivity (Wildman–Crippen MR) is 87.2 cm³/mol. The minimum atomic E-state index is -0.641. The first-order valence-corrected chi connectivity index (χ1v) is 7.94. The lowest BCUT2D eigenvalue weighted by Gasteiger charge is -2.04. The molecule has 0 spiro atoms. The Balaban J connectivity index is 2.17. The van der Waals surface area contributed by atoms with Crippen LogP contribution in [0.25, 0.3) is 0 Å². The van der Waals surface area contributed by atoms with Gasteiger partial charge in [0.2, 0.25) is 0 Å². The van der Waals surface area contributed by atoms with Crippen LogP contribution in [0.15, 0.2) is 17.5 Å². The molecule has 0 aliphatic carbocycles. The highest BCUT2D eigenvalue weighted by Crippen LogP contribution is 2.35. The van der Waals surface area contributed by atoms with Gasteiger partial charge < -0.3 is 22.1 Å². The molecule has 0 aliphatic heterocycles. The zero-order valence-electron chi connectivity index (χ0n) is 11.4. The van der Waals surface area contributed by atoms with E-state index in [0.29, 0.717) is 16.4 Å². The van der Waals surface area contributed by atoms with E-state index < -0.39 is 5.91 Å². The molecular weight excluding hydrogens is 308 g/mol. The van der Waals surface area contributed by atoms with Gasteiger partial charge >= 0.3 is 0 Å². The molecule has 0 saturated heterocycles. The van der Waals surface area contributed by atoms with Gasteiger partial charge in [-0.15, -0.1) is 22.7 Å². The van der Waals surface area contributed by atoms with Gasteiger partial charge in [-0.05, 0) is 17.9 Å². The number of nitrogens with one attached hydrogen (secondary N) is 2. The zero-order chi connectivity index (χ0) is 15.4. The number of hydrogen-bond acceptors (Lipinski definition) is 6. The van der Waals surface area contributed by atoms with Crippen molar-refractivity contribution in [2.45, 2.75) is 6.42 Å². The molecule has 6 N–H and O–H groups in total. The number of rotatable bonds is 6. The molecule has 2 aromatic rings. The number of carbonyl (C=O) groups is 2. The van der Waals surface area contributed by atoms with Gasteiger partial charge in [-0.25, -0.2) is 0 Å². The number of hydrogen-bond donors (Lipinski definition) is 4. The molecule has 6 nitrogen and oxygen atoms in total. The molecule has 2 aromatic heterocycles. The third-order valence-electron chi connectivity index (χ3n) is 2.86. The molecule has 112 valence electrons. The summed E-state index contributed by atoms with van der Waals surface area (Å²) in [5, 5.41) is 8.18. The normalized spacial score (nSPS) is 10.3. The van der Waals surface area contributed by atoms with Gasteiger partial charge in [0.25, 0.3) is 11.8 Å². The number of thiophene rings is 2. The van der Waals surface area contributed by atoms with Gasteiger partial charge in [0.15, 0.2) is 0 Å². The Morgan fingerprint density at radius 3 is 2.71 bits per heavy atom. The third kappa shape index (κ3) is 3.34. The molecular formula is C13H16N4O2S2. The molecule has 21 heavy (non-hydrogen) atoms. The smallest absolute Gasteiger partial charge is 0.263 e. The number of primary amides is 1. The van der Waals surface area contributed by atoms with Crippen LogP contribution in [-0.4, -0.2) is 25.4 Å². The maximum Gasteiger partial charge on any atom is 0.263 e. The van der Waals surface area contributed by atoms with Crippen molar-refractivity contribution in [2.75, 3.05) is 24.6 Å². The van der Waals surface area contributed by atoms with E-state index in [1.165, 1.54) is 11.9 Å². The molecule has 8 heteroatoms. The van der Waals surface area contributed by atoms with Crippen LogP contribution in [0.3, 0.4) is 0 Å². The third-order valence-corrected chi connectivity index (χ3v) is 4.96. The van der Waals surface area contributed by atoms with E-state index in [2.05, 4.69) is 10.6 Å². The minimum absolute atomic E-state index is 0.130. The fourth-order valence-corrected chi connectivity index (χ4v) is 3.66. The highest BCUT2D eigenvalue weighted by Gasteiger charge is 2.23. The lowest BCUT2D eigenvalue weighted by Crippen LogP contribution is -2.19. The Morgan fingerprint density at radius 1 is 1.38 bits per heavy atom. The van der Waals surface area contributed by atoms with Gasteiger partial charge in [0.1, 0.15) is 9.88 Å². The summed E-state index contributed by atoms with van der Waals surface area (Å²) in [6, 6.07) is 4.03. The summed E-state index contributed by atoms with van der Waals surface area (Å²) in [5.74, 6) is -0.969. The van der Waals surface area contributed by atoms with Crippen LogP contribution >= 0.6 is 22.7 Å². The molecule has 2 amide bonds. The van der Waals surface area contributed by atoms with Crippen molar-refractivity contribution in [1.29, 1.82) is 0 Å². The highest BCUT2D eigenvalue weighted by atomic mass is 32.1. The van der Waals surface area contributed by atoms with Crippen molar-refractivity contribution >= 4 is 45.2 Å². The topological polar surface area (TPSA) is 110 Å². The van der Waals surface area contributed by atoms with E-state index in [-0.39, 0.29) is 17.2 Å². The quantitative estimate of drug-likeness (QED) is 0.645. The summed E-state index contributed by atoms with van der Waals surface area (Å²) in [6.07, 6.45) is 0.822. The number of nitrogens with two attached hydrogens (primary N) is 2. The first kappa shape index (κ1) is 15.3. The van der Waals surface area contributed by atoms with E-state index in [1.54, 1.807) is 11.3 Å². The Labute approximate surface area is 130 Å². The summed E-state index contributed by atoms with van der Waals surface area (Å²) < 4.78 is 0. The van der Waals surface area contributed by atoms with Crippen molar-refractivity contribution in [3.63, 3.8) is 0 Å². The summed E-state index contributed by atoms with van der Waals surface area (Å²) in [6.45, 7) is 0.633. The van der Waals surface area contributed by atoms with Crippen LogP contribution in [0.2, 0.25) is 0 Å². The lowest BCUT2D eigenvalue weighted by molar-refractivity contribution is 0.0967. The van der Waals surface area contributed by atoms with Crippen molar-refractivity contribution in [3.8, 4) is 0 Å². The van der Waals surface area contributed by atoms with E-state index in [0.717, 1.165) is 17.8 Å². The molecule has 0 bridgehead atoms. The second-order valence-corrected chi connectivity index (χ2v) is 6.30. The van der Waals surface area contributed by atoms with Crippen LogP contribution < -0.4 is 22.1 Å². The summed E-state index contributed by atoms with van der Waals surface area (Å²) in [4.78, 5) is 24.8. The fraction of sp³-hybridized carbons (Fsp3) is 0.231. The number of nitrogen functional groups attached to an aromatic ring is 1. The second kappa shape index (κ2) is 6.59. The lowest BCUT2D eigenvalue weighted by atomic mass is 10.2. The first-order chi connectivity index (χ1) is 10.0. The Hall–Kier alpha value is -2.06. The van der Waals surface area contributed by atoms with Crippen molar-refractivity contribution in [1.82, 2.24) is 5.32 Å². The van der Waals surface area contributed by atoms with Crippen molar-refractivity contribution in [2.24, 2.45) is 5.73 Å². The van der Waals surface area contributed by atoms with Crippen LogP contribution in [0, 0.1) is 0 Å². The number of amides is 2. The number of carbonyl (C=O) groups excluding carboxylic acids is 2. The summed E-state index contributed by atoms with van der Waals surface area (Å²) >= 11 is 2.81. The highest BCUT2D eigenvalue weighted by molar-refractivity contribution is 7.19. The molecule has 0 radical (unpaired) electrons. The Morgan fingerprint density at radius 2 is 2.14 bits per heavy atom. The van der Waals surface area contributed by atoms with Gasteiger partial charge in [-0.1, -0.05) is 6.07 Å². The van der Waals surface area contributed by atoms with Gasteiger partial charge in [0.05, 0.1) is 11.3 Å². The SMILES string of the molecule is CNC(=O)c1sc(NCCc2cccs2)c(C(N)=O)c1N. The van der Waals surface area contributed by atoms with Crippen molar-refractivity contribution in [3.05, 3.63) is 32.8 Å². The van der Waals surface area contributed by atoms with Crippen molar-refractivity contribution < 1.29 is 9.59 Å². The van der Waals surface area contributed by atoms with Crippen LogP contribution in [0.5, 0.6) is 0 Å². The Kier molecular flexibility index (Phi) is 4.81. The molecule has 2 rings (SSSR count). The molecule has 2 heterocycles. The predicted octanol–water partition coefficient (Wildman–Crippen LogP) is 1.50. The molecule has 0 aliphatic rings. The van der Waals surface area contributed by atoms with Crippen LogP contribution in [0.4, 0.5) is 10.7 Å². The van der Waals surface area contributed by atoms with Crippen LogP contribution in [0.1, 0.15) is 24.9 Å². The fourth-order valence-electron chi connectivity index (χ4n) is 1.85. The van der Waals surface area contributed by atoms with E-state index in [9.17, 15) is 9.59 Å². The van der Waals surface area contributed by atoms with Gasteiger partial charge in [0, 0.05) is 18.5 Å². The molecule has 0 fully saturated rings. The number of anilines is 2. The van der Waals surface area contributed by atoms with E-state index in [1.807, 2.05) is 17.5 Å². The van der Waals surface area contributed by atoms with E-state index in [4.69, 9.17) is 11.5 Å². The van der Waals surface area contributed by atoms with Gasteiger partial charge in [-0.3, -0.25) is 9.59 Å². The zero-order valence-corrected chi connectivity index (χ0v) is 13.1.